The van der Waals surface area contributed by atoms with Crippen molar-refractivity contribution in [3.8, 4) is 0 Å². The molecule has 0 aliphatic heterocycles. The molecule has 0 amide bonds. The first kappa shape index (κ1) is 14.6. The van der Waals surface area contributed by atoms with E-state index < -0.39 is 5.97 Å². The zero-order chi connectivity index (χ0) is 14.5. The third kappa shape index (κ3) is 3.59. The first-order valence-electron chi connectivity index (χ1n) is 6.27. The molecular formula is C14H16ClN3O2. The maximum atomic E-state index is 11.0. The molecule has 0 atom stereocenters. The Bertz CT molecular complexity index is 593. The SMILES string of the molecule is Cn1ncc(C(=O)O)c1CNCCc1ccc(Cl)cc1. The summed E-state index contributed by atoms with van der Waals surface area (Å²) in [7, 11) is 1.74. The van der Waals surface area contributed by atoms with E-state index in [1.165, 1.54) is 11.8 Å². The molecule has 1 aromatic heterocycles. The second kappa shape index (κ2) is 6.54. The Labute approximate surface area is 122 Å². The molecule has 0 aliphatic rings. The van der Waals surface area contributed by atoms with E-state index in [0.717, 1.165) is 18.0 Å². The molecule has 5 nitrogen and oxygen atoms in total. The molecule has 0 fully saturated rings. The molecule has 2 N–H and O–H groups in total. The monoisotopic (exact) mass is 293 g/mol. The number of aromatic nitrogens is 2. The molecule has 0 unspecified atom stereocenters. The molecule has 0 saturated carbocycles. The summed E-state index contributed by atoms with van der Waals surface area (Å²) in [6, 6.07) is 7.69. The van der Waals surface area contributed by atoms with Gasteiger partial charge in [-0.1, -0.05) is 23.7 Å². The molecule has 106 valence electrons. The van der Waals surface area contributed by atoms with E-state index in [0.29, 0.717) is 12.2 Å². The van der Waals surface area contributed by atoms with Crippen LogP contribution in [0.15, 0.2) is 30.5 Å². The quantitative estimate of drug-likeness (QED) is 0.801. The van der Waals surface area contributed by atoms with Gasteiger partial charge in [0, 0.05) is 18.6 Å². The van der Waals surface area contributed by atoms with E-state index in [4.69, 9.17) is 16.7 Å². The summed E-state index contributed by atoms with van der Waals surface area (Å²) in [5.74, 6) is -0.951. The van der Waals surface area contributed by atoms with E-state index in [1.807, 2.05) is 24.3 Å². The minimum Gasteiger partial charge on any atom is -0.478 e. The Morgan fingerprint density at radius 1 is 1.40 bits per heavy atom. The second-order valence-corrected chi connectivity index (χ2v) is 4.92. The number of hydrogen-bond acceptors (Lipinski definition) is 3. The predicted octanol–water partition coefficient (Wildman–Crippen LogP) is 2.10. The number of aryl methyl sites for hydroxylation is 1. The molecule has 6 heteroatoms. The van der Waals surface area contributed by atoms with Crippen LogP contribution >= 0.6 is 11.6 Å². The Morgan fingerprint density at radius 2 is 2.10 bits per heavy atom. The van der Waals surface area contributed by atoms with Crippen molar-refractivity contribution in [3.63, 3.8) is 0 Å². The topological polar surface area (TPSA) is 67.2 Å². The number of carboxylic acids is 1. The Hall–Kier alpha value is -1.85. The fourth-order valence-corrected chi connectivity index (χ4v) is 2.07. The van der Waals surface area contributed by atoms with Crippen molar-refractivity contribution in [2.45, 2.75) is 13.0 Å². The van der Waals surface area contributed by atoms with Crippen LogP contribution in [0.5, 0.6) is 0 Å². The van der Waals surface area contributed by atoms with Gasteiger partial charge < -0.3 is 10.4 Å². The first-order chi connectivity index (χ1) is 9.58. The number of nitrogens with zero attached hydrogens (tertiary/aromatic N) is 2. The zero-order valence-electron chi connectivity index (χ0n) is 11.1. The normalized spacial score (nSPS) is 10.7. The highest BCUT2D eigenvalue weighted by atomic mass is 35.5. The molecule has 2 rings (SSSR count). The van der Waals surface area contributed by atoms with Crippen LogP contribution in [0.25, 0.3) is 0 Å². The molecule has 1 heterocycles. The summed E-state index contributed by atoms with van der Waals surface area (Å²) in [5, 5.41) is 17.0. The van der Waals surface area contributed by atoms with Crippen LogP contribution in [0.3, 0.4) is 0 Å². The minimum atomic E-state index is -0.951. The predicted molar refractivity (Wildman–Crippen MR) is 77.0 cm³/mol. The van der Waals surface area contributed by atoms with Crippen LogP contribution in [0.4, 0.5) is 0 Å². The fraction of sp³-hybridized carbons (Fsp3) is 0.286. The summed E-state index contributed by atoms with van der Waals surface area (Å²) in [5.41, 5.74) is 2.10. The molecule has 20 heavy (non-hydrogen) atoms. The van der Waals surface area contributed by atoms with Gasteiger partial charge in [0.15, 0.2) is 0 Å². The van der Waals surface area contributed by atoms with Gasteiger partial charge in [-0.2, -0.15) is 5.10 Å². The molecule has 0 bridgehead atoms. The average Bonchev–Trinajstić information content (AvgIpc) is 2.78. The largest absolute Gasteiger partial charge is 0.478 e. The number of rotatable bonds is 6. The summed E-state index contributed by atoms with van der Waals surface area (Å²) in [6.07, 6.45) is 2.23. The van der Waals surface area contributed by atoms with Gasteiger partial charge in [-0.05, 0) is 30.7 Å². The van der Waals surface area contributed by atoms with Crippen LogP contribution in [-0.2, 0) is 20.0 Å². The minimum absolute atomic E-state index is 0.242. The molecule has 0 saturated heterocycles. The highest BCUT2D eigenvalue weighted by Gasteiger charge is 2.14. The smallest absolute Gasteiger partial charge is 0.339 e. The third-order valence-electron chi connectivity index (χ3n) is 3.09. The van der Waals surface area contributed by atoms with Crippen molar-refractivity contribution in [2.24, 2.45) is 7.05 Å². The lowest BCUT2D eigenvalue weighted by Gasteiger charge is -2.07. The highest BCUT2D eigenvalue weighted by Crippen LogP contribution is 2.10. The number of carboxylic acid groups (broad SMARTS) is 1. The van der Waals surface area contributed by atoms with Crippen LogP contribution in [0.1, 0.15) is 21.6 Å². The van der Waals surface area contributed by atoms with E-state index in [1.54, 1.807) is 11.7 Å². The summed E-state index contributed by atoms with van der Waals surface area (Å²) < 4.78 is 1.58. The van der Waals surface area contributed by atoms with Gasteiger partial charge in [0.05, 0.1) is 11.9 Å². The number of carbonyl (C=O) groups is 1. The summed E-state index contributed by atoms with van der Waals surface area (Å²) in [6.45, 7) is 1.23. The number of hydrogen-bond donors (Lipinski definition) is 2. The van der Waals surface area contributed by atoms with Crippen LogP contribution < -0.4 is 5.32 Å². The van der Waals surface area contributed by atoms with E-state index in [9.17, 15) is 4.79 Å². The fourth-order valence-electron chi connectivity index (χ4n) is 1.94. The van der Waals surface area contributed by atoms with Crippen molar-refractivity contribution >= 4 is 17.6 Å². The Balaban J connectivity index is 1.86. The standard InChI is InChI=1S/C14H16ClN3O2/c1-18-13(12(8-17-18)14(19)20)9-16-7-6-10-2-4-11(15)5-3-10/h2-5,8,16H,6-7,9H2,1H3,(H,19,20). The molecule has 0 spiro atoms. The van der Waals surface area contributed by atoms with Gasteiger partial charge in [-0.25, -0.2) is 4.79 Å². The number of aromatic carboxylic acids is 1. The van der Waals surface area contributed by atoms with Crippen molar-refractivity contribution in [3.05, 3.63) is 52.3 Å². The average molecular weight is 294 g/mol. The lowest BCUT2D eigenvalue weighted by atomic mass is 10.1. The third-order valence-corrected chi connectivity index (χ3v) is 3.34. The number of benzene rings is 1. The lowest BCUT2D eigenvalue weighted by molar-refractivity contribution is 0.0695. The zero-order valence-corrected chi connectivity index (χ0v) is 11.9. The van der Waals surface area contributed by atoms with E-state index >= 15 is 0 Å². The Morgan fingerprint density at radius 3 is 2.75 bits per heavy atom. The highest BCUT2D eigenvalue weighted by molar-refractivity contribution is 6.30. The van der Waals surface area contributed by atoms with E-state index in [-0.39, 0.29) is 5.56 Å². The van der Waals surface area contributed by atoms with Crippen LogP contribution in [0.2, 0.25) is 5.02 Å². The molecule has 1 aromatic carbocycles. The maximum absolute atomic E-state index is 11.0. The van der Waals surface area contributed by atoms with Gasteiger partial charge in [-0.3, -0.25) is 4.68 Å². The summed E-state index contributed by atoms with van der Waals surface area (Å²) >= 11 is 5.82. The lowest BCUT2D eigenvalue weighted by Crippen LogP contribution is -2.20. The molecule has 0 aliphatic carbocycles. The first-order valence-corrected chi connectivity index (χ1v) is 6.65. The van der Waals surface area contributed by atoms with Gasteiger partial charge in [0.1, 0.15) is 5.56 Å². The molecule has 0 radical (unpaired) electrons. The maximum Gasteiger partial charge on any atom is 0.339 e. The van der Waals surface area contributed by atoms with Crippen molar-refractivity contribution in [1.82, 2.24) is 15.1 Å². The van der Waals surface area contributed by atoms with Crippen molar-refractivity contribution in [1.29, 1.82) is 0 Å². The van der Waals surface area contributed by atoms with E-state index in [2.05, 4.69) is 10.4 Å². The number of halogens is 1. The van der Waals surface area contributed by atoms with Gasteiger partial charge in [0.25, 0.3) is 0 Å². The van der Waals surface area contributed by atoms with Gasteiger partial charge >= 0.3 is 5.97 Å². The van der Waals surface area contributed by atoms with Crippen molar-refractivity contribution < 1.29 is 9.90 Å². The van der Waals surface area contributed by atoms with Gasteiger partial charge in [0.2, 0.25) is 0 Å². The van der Waals surface area contributed by atoms with Crippen LogP contribution in [0, 0.1) is 0 Å². The Kier molecular flexibility index (Phi) is 4.76. The van der Waals surface area contributed by atoms with Crippen LogP contribution in [-0.4, -0.2) is 27.4 Å². The van der Waals surface area contributed by atoms with Crippen molar-refractivity contribution in [2.75, 3.05) is 6.54 Å². The number of nitrogens with one attached hydrogen (secondary N) is 1. The summed E-state index contributed by atoms with van der Waals surface area (Å²) in [4.78, 5) is 11.0. The molecule has 2 aromatic rings. The second-order valence-electron chi connectivity index (χ2n) is 4.49. The molecular weight excluding hydrogens is 278 g/mol. The van der Waals surface area contributed by atoms with Gasteiger partial charge in [-0.15, -0.1) is 0 Å².